The summed E-state index contributed by atoms with van der Waals surface area (Å²) < 4.78 is 7.18. The smallest absolute Gasteiger partial charge is 0.184 e. The number of ether oxygens (including phenoxy) is 1. The first-order valence-electron chi connectivity index (χ1n) is 10.1. The molecule has 1 N–H and O–H groups in total. The van der Waals surface area contributed by atoms with Crippen molar-refractivity contribution < 1.29 is 4.74 Å². The van der Waals surface area contributed by atoms with Crippen LogP contribution in [0, 0.1) is 11.8 Å². The van der Waals surface area contributed by atoms with E-state index in [2.05, 4.69) is 28.2 Å². The molecule has 0 saturated heterocycles. The second kappa shape index (κ2) is 9.25. The number of benzene rings is 1. The summed E-state index contributed by atoms with van der Waals surface area (Å²) in [5.41, 5.74) is 1.72. The molecular weight excluding hydrogens is 380 g/mol. The zero-order valence-corrected chi connectivity index (χ0v) is 17.8. The third-order valence-electron chi connectivity index (χ3n) is 4.87. The monoisotopic (exact) mass is 406 g/mol. The van der Waals surface area contributed by atoms with E-state index in [0.29, 0.717) is 18.3 Å². The van der Waals surface area contributed by atoms with E-state index >= 15 is 0 Å². The first kappa shape index (κ1) is 19.7. The number of fused-ring (bicyclic) bond motifs is 1. The summed E-state index contributed by atoms with van der Waals surface area (Å²) >= 11 is 1.69. The molecule has 5 nitrogen and oxygen atoms in total. The van der Waals surface area contributed by atoms with Crippen LogP contribution in [-0.4, -0.2) is 41.5 Å². The van der Waals surface area contributed by atoms with Gasteiger partial charge in [-0.2, -0.15) is 0 Å². The van der Waals surface area contributed by atoms with Gasteiger partial charge in [-0.3, -0.25) is 4.90 Å². The Morgan fingerprint density at radius 1 is 1.14 bits per heavy atom. The van der Waals surface area contributed by atoms with Gasteiger partial charge in [0.25, 0.3) is 0 Å². The van der Waals surface area contributed by atoms with Crippen molar-refractivity contribution in [2.45, 2.75) is 38.1 Å². The summed E-state index contributed by atoms with van der Waals surface area (Å²) in [5.74, 6) is 7.70. The second-order valence-corrected chi connectivity index (χ2v) is 8.68. The van der Waals surface area contributed by atoms with Crippen LogP contribution in [0.3, 0.4) is 0 Å². The molecule has 2 heterocycles. The molecule has 2 aromatic heterocycles. The number of nitrogens with one attached hydrogen (secondary N) is 1. The van der Waals surface area contributed by atoms with Crippen molar-refractivity contribution in [3.8, 4) is 23.3 Å². The average molecular weight is 407 g/mol. The minimum atomic E-state index is 0.559. The minimum absolute atomic E-state index is 0.559. The van der Waals surface area contributed by atoms with Gasteiger partial charge in [0, 0.05) is 24.4 Å². The van der Waals surface area contributed by atoms with Gasteiger partial charge in [-0.05, 0) is 51.1 Å². The molecule has 1 aromatic carbocycles. The molecule has 0 radical (unpaired) electrons. The first-order chi connectivity index (χ1) is 14.2. The van der Waals surface area contributed by atoms with Crippen LogP contribution >= 0.6 is 11.3 Å². The lowest BCUT2D eigenvalue weighted by Crippen LogP contribution is -2.21. The number of thiazole rings is 1. The Labute approximate surface area is 176 Å². The van der Waals surface area contributed by atoms with Crippen LogP contribution in [0.1, 0.15) is 37.8 Å². The maximum absolute atomic E-state index is 6.05. The van der Waals surface area contributed by atoms with E-state index in [1.165, 1.54) is 32.1 Å². The molecule has 0 atom stereocenters. The van der Waals surface area contributed by atoms with Crippen LogP contribution in [0.4, 0.5) is 5.13 Å². The Kier molecular flexibility index (Phi) is 6.28. The first-order valence-corrected chi connectivity index (χ1v) is 10.9. The van der Waals surface area contributed by atoms with Gasteiger partial charge >= 0.3 is 0 Å². The topological polar surface area (TPSA) is 50.3 Å². The summed E-state index contributed by atoms with van der Waals surface area (Å²) in [4.78, 5) is 11.1. The lowest BCUT2D eigenvalue weighted by atomic mass is 9.96. The summed E-state index contributed by atoms with van der Waals surface area (Å²) in [7, 11) is 3.99. The molecule has 0 bridgehead atoms. The molecule has 1 aliphatic carbocycles. The van der Waals surface area contributed by atoms with Crippen LogP contribution in [0.15, 0.2) is 36.5 Å². The Morgan fingerprint density at radius 3 is 2.79 bits per heavy atom. The van der Waals surface area contributed by atoms with Crippen molar-refractivity contribution in [1.29, 1.82) is 0 Å². The van der Waals surface area contributed by atoms with Crippen molar-refractivity contribution in [2.24, 2.45) is 0 Å². The highest BCUT2D eigenvalue weighted by Gasteiger charge is 2.15. The van der Waals surface area contributed by atoms with E-state index < -0.39 is 0 Å². The molecule has 1 aliphatic rings. The average Bonchev–Trinajstić information content (AvgIpc) is 3.10. The molecular formula is C23H26N4OS. The van der Waals surface area contributed by atoms with E-state index in [0.717, 1.165) is 26.8 Å². The molecule has 0 amide bonds. The Morgan fingerprint density at radius 2 is 1.97 bits per heavy atom. The highest BCUT2D eigenvalue weighted by Crippen LogP contribution is 2.32. The van der Waals surface area contributed by atoms with Crippen LogP contribution in [0.25, 0.3) is 10.2 Å². The third kappa shape index (κ3) is 5.47. The third-order valence-corrected chi connectivity index (χ3v) is 5.82. The fourth-order valence-electron chi connectivity index (χ4n) is 3.42. The van der Waals surface area contributed by atoms with Crippen LogP contribution in [0.5, 0.6) is 11.5 Å². The molecule has 0 unspecified atom stereocenters. The number of hydrogen-bond donors (Lipinski definition) is 1. The molecule has 4 rings (SSSR count). The molecule has 150 valence electrons. The van der Waals surface area contributed by atoms with Crippen molar-refractivity contribution in [1.82, 2.24) is 14.9 Å². The van der Waals surface area contributed by atoms with E-state index in [1.807, 2.05) is 43.3 Å². The lowest BCUT2D eigenvalue weighted by Gasteiger charge is -2.22. The Balaban J connectivity index is 1.46. The van der Waals surface area contributed by atoms with E-state index in [4.69, 9.17) is 9.72 Å². The normalized spacial score (nSPS) is 14.6. The maximum Gasteiger partial charge on any atom is 0.184 e. The zero-order valence-electron chi connectivity index (χ0n) is 16.9. The number of rotatable bonds is 5. The fourth-order valence-corrected chi connectivity index (χ4v) is 4.39. The number of pyridine rings is 1. The summed E-state index contributed by atoms with van der Waals surface area (Å²) in [5, 5.41) is 4.62. The molecule has 1 saturated carbocycles. The van der Waals surface area contributed by atoms with E-state index in [1.54, 1.807) is 17.5 Å². The van der Waals surface area contributed by atoms with Gasteiger partial charge in [0.1, 0.15) is 17.2 Å². The molecule has 0 spiro atoms. The largest absolute Gasteiger partial charge is 0.457 e. The van der Waals surface area contributed by atoms with Crippen molar-refractivity contribution >= 4 is 26.7 Å². The van der Waals surface area contributed by atoms with E-state index in [-0.39, 0.29) is 0 Å². The quantitative estimate of drug-likeness (QED) is 0.595. The Hall–Kier alpha value is -2.62. The SMILES string of the molecule is CN(C)CC#Cc1cc(Oc2ccc3nc(NC4CCCCC4)sc3c2)ccn1. The van der Waals surface area contributed by atoms with Gasteiger partial charge in [-0.15, -0.1) is 0 Å². The molecule has 3 aromatic rings. The van der Waals surface area contributed by atoms with Crippen LogP contribution < -0.4 is 10.1 Å². The van der Waals surface area contributed by atoms with Gasteiger partial charge in [0.15, 0.2) is 5.13 Å². The number of nitrogens with zero attached hydrogens (tertiary/aromatic N) is 3. The van der Waals surface area contributed by atoms with E-state index in [9.17, 15) is 0 Å². The standard InChI is InChI=1S/C23H26N4OS/c1-27(2)14-6-9-18-15-20(12-13-24-18)28-19-10-11-21-22(16-19)29-23(26-21)25-17-7-4-3-5-8-17/h10-13,15-17H,3-5,7-8,14H2,1-2H3,(H,25,26). The molecule has 6 heteroatoms. The van der Waals surface area contributed by atoms with Crippen LogP contribution in [-0.2, 0) is 0 Å². The maximum atomic E-state index is 6.05. The van der Waals surface area contributed by atoms with Gasteiger partial charge in [-0.25, -0.2) is 9.97 Å². The predicted octanol–water partition coefficient (Wildman–Crippen LogP) is 5.14. The number of anilines is 1. The van der Waals surface area contributed by atoms with Crippen LogP contribution in [0.2, 0.25) is 0 Å². The zero-order chi connectivity index (χ0) is 20.1. The Bertz CT molecular complexity index is 1030. The molecule has 1 fully saturated rings. The van der Waals surface area contributed by atoms with Gasteiger partial charge < -0.3 is 10.1 Å². The molecule has 29 heavy (non-hydrogen) atoms. The van der Waals surface area contributed by atoms with Gasteiger partial charge in [0.2, 0.25) is 0 Å². The predicted molar refractivity (Wildman–Crippen MR) is 120 cm³/mol. The summed E-state index contributed by atoms with van der Waals surface area (Å²) in [6.45, 7) is 0.700. The molecule has 0 aliphatic heterocycles. The second-order valence-electron chi connectivity index (χ2n) is 7.65. The van der Waals surface area contributed by atoms with Gasteiger partial charge in [-0.1, -0.05) is 36.5 Å². The van der Waals surface area contributed by atoms with Gasteiger partial charge in [0.05, 0.1) is 16.8 Å². The lowest BCUT2D eigenvalue weighted by molar-refractivity contribution is 0.462. The van der Waals surface area contributed by atoms with Crippen molar-refractivity contribution in [3.63, 3.8) is 0 Å². The van der Waals surface area contributed by atoms with Crippen molar-refractivity contribution in [2.75, 3.05) is 26.0 Å². The number of aromatic nitrogens is 2. The number of hydrogen-bond acceptors (Lipinski definition) is 6. The summed E-state index contributed by atoms with van der Waals surface area (Å²) in [6, 6.07) is 10.3. The summed E-state index contributed by atoms with van der Waals surface area (Å²) in [6.07, 6.45) is 8.20. The highest BCUT2D eigenvalue weighted by atomic mass is 32.1. The highest BCUT2D eigenvalue weighted by molar-refractivity contribution is 7.22. The fraction of sp³-hybridized carbons (Fsp3) is 0.391. The van der Waals surface area contributed by atoms with Crippen molar-refractivity contribution in [3.05, 3.63) is 42.2 Å². The minimum Gasteiger partial charge on any atom is -0.457 e.